The molecule has 150 valence electrons. The van der Waals surface area contributed by atoms with Gasteiger partial charge < -0.3 is 16.0 Å². The molecule has 0 amide bonds. The number of halogens is 1. The largest absolute Gasteiger partial charge is 0.368 e. The number of aromatic nitrogens is 2. The summed E-state index contributed by atoms with van der Waals surface area (Å²) in [5.41, 5.74) is 2.07. The number of benzene rings is 1. The van der Waals surface area contributed by atoms with Crippen LogP contribution >= 0.6 is 35.3 Å². The molecule has 0 aliphatic heterocycles. The molecule has 0 unspecified atom stereocenters. The van der Waals surface area contributed by atoms with Crippen LogP contribution in [0, 0.1) is 13.8 Å². The number of anilines is 1. The highest BCUT2D eigenvalue weighted by molar-refractivity contribution is 14.0. The number of guanidine groups is 1. The first-order valence-electron chi connectivity index (χ1n) is 9.20. The lowest BCUT2D eigenvalue weighted by Gasteiger charge is -2.12. The summed E-state index contributed by atoms with van der Waals surface area (Å²) in [6, 6.07) is 12.2. The molecule has 0 bridgehead atoms. The second-order valence-corrected chi connectivity index (χ2v) is 7.47. The van der Waals surface area contributed by atoms with Gasteiger partial charge in [-0.1, -0.05) is 18.2 Å². The lowest BCUT2D eigenvalue weighted by Crippen LogP contribution is -2.39. The molecule has 28 heavy (non-hydrogen) atoms. The van der Waals surface area contributed by atoms with Gasteiger partial charge in [0, 0.05) is 29.9 Å². The molecular weight excluding hydrogens is 483 g/mol. The smallest absolute Gasteiger partial charge is 0.191 e. The van der Waals surface area contributed by atoms with Gasteiger partial charge in [-0.2, -0.15) is 0 Å². The normalized spacial score (nSPS) is 11.2. The topological polar surface area (TPSA) is 74.2 Å². The SMILES string of the molecule is CCNC(=NCc1sc(C)nc1C)NCCNc1ccc2ccccc2n1.I. The van der Waals surface area contributed by atoms with E-state index in [0.717, 1.165) is 53.0 Å². The van der Waals surface area contributed by atoms with E-state index in [1.54, 1.807) is 11.3 Å². The standard InChI is InChI=1S/C20H26N6S.HI/c1-4-21-20(24-13-18-14(2)25-15(3)27-18)23-12-11-22-19-10-9-16-7-5-6-8-17(16)26-19;/h5-10H,4,11-13H2,1-3H3,(H,22,26)(H2,21,23,24);1H. The number of nitrogens with one attached hydrogen (secondary N) is 3. The van der Waals surface area contributed by atoms with Crippen molar-refractivity contribution in [3.63, 3.8) is 0 Å². The molecule has 2 aromatic heterocycles. The molecule has 2 heterocycles. The summed E-state index contributed by atoms with van der Waals surface area (Å²) < 4.78 is 0. The molecule has 0 saturated carbocycles. The highest BCUT2D eigenvalue weighted by atomic mass is 127. The summed E-state index contributed by atoms with van der Waals surface area (Å²) in [6.07, 6.45) is 0. The molecule has 1 aromatic carbocycles. The maximum atomic E-state index is 4.66. The minimum absolute atomic E-state index is 0. The van der Waals surface area contributed by atoms with Crippen LogP contribution in [0.4, 0.5) is 5.82 Å². The molecule has 0 saturated heterocycles. The molecule has 3 N–H and O–H groups in total. The Morgan fingerprint density at radius 2 is 1.86 bits per heavy atom. The number of pyridine rings is 1. The van der Waals surface area contributed by atoms with Crippen LogP contribution in [0.5, 0.6) is 0 Å². The van der Waals surface area contributed by atoms with Crippen molar-refractivity contribution in [3.8, 4) is 0 Å². The third kappa shape index (κ3) is 6.30. The average Bonchev–Trinajstić information content (AvgIpc) is 3.00. The Balaban J connectivity index is 0.00000280. The molecular formula is C20H27IN6S. The Morgan fingerprint density at radius 3 is 2.61 bits per heavy atom. The third-order valence-electron chi connectivity index (χ3n) is 4.05. The number of thiazole rings is 1. The van der Waals surface area contributed by atoms with Crippen LogP contribution in [0.3, 0.4) is 0 Å². The van der Waals surface area contributed by atoms with Gasteiger partial charge in [-0.15, -0.1) is 35.3 Å². The first-order valence-corrected chi connectivity index (χ1v) is 10.0. The van der Waals surface area contributed by atoms with Crippen LogP contribution in [0.25, 0.3) is 10.9 Å². The zero-order valence-corrected chi connectivity index (χ0v) is 19.6. The van der Waals surface area contributed by atoms with Crippen LogP contribution < -0.4 is 16.0 Å². The maximum Gasteiger partial charge on any atom is 0.191 e. The predicted octanol–water partition coefficient (Wildman–Crippen LogP) is 4.09. The van der Waals surface area contributed by atoms with E-state index in [4.69, 9.17) is 0 Å². The van der Waals surface area contributed by atoms with Crippen molar-refractivity contribution in [1.82, 2.24) is 20.6 Å². The second-order valence-electron chi connectivity index (χ2n) is 6.18. The number of rotatable bonds is 7. The molecule has 8 heteroatoms. The van der Waals surface area contributed by atoms with Gasteiger partial charge in [0.2, 0.25) is 0 Å². The van der Waals surface area contributed by atoms with Gasteiger partial charge in [0.15, 0.2) is 5.96 Å². The minimum atomic E-state index is 0. The lowest BCUT2D eigenvalue weighted by molar-refractivity contribution is 0.819. The summed E-state index contributed by atoms with van der Waals surface area (Å²) in [5, 5.41) is 12.2. The molecule has 6 nitrogen and oxygen atoms in total. The molecule has 3 aromatic rings. The molecule has 0 spiro atoms. The second kappa shape index (κ2) is 11.2. The molecule has 0 fully saturated rings. The number of hydrogen-bond acceptors (Lipinski definition) is 5. The fourth-order valence-electron chi connectivity index (χ4n) is 2.75. The lowest BCUT2D eigenvalue weighted by atomic mass is 10.2. The van der Waals surface area contributed by atoms with E-state index in [-0.39, 0.29) is 24.0 Å². The summed E-state index contributed by atoms with van der Waals surface area (Å²) in [5.74, 6) is 1.70. The van der Waals surface area contributed by atoms with Crippen LogP contribution in [0.15, 0.2) is 41.4 Å². The van der Waals surface area contributed by atoms with Gasteiger partial charge in [-0.05, 0) is 39.0 Å². The fraction of sp³-hybridized carbons (Fsp3) is 0.350. The maximum absolute atomic E-state index is 4.66. The molecule has 0 radical (unpaired) electrons. The van der Waals surface area contributed by atoms with Crippen molar-refractivity contribution >= 4 is 58.0 Å². The first kappa shape index (κ1) is 22.4. The van der Waals surface area contributed by atoms with Crippen LogP contribution in [0.2, 0.25) is 0 Å². The van der Waals surface area contributed by atoms with E-state index in [2.05, 4.69) is 50.0 Å². The van der Waals surface area contributed by atoms with E-state index in [1.807, 2.05) is 38.1 Å². The van der Waals surface area contributed by atoms with Gasteiger partial charge in [-0.25, -0.2) is 15.0 Å². The van der Waals surface area contributed by atoms with Crippen LogP contribution in [-0.4, -0.2) is 35.6 Å². The van der Waals surface area contributed by atoms with Gasteiger partial charge in [0.25, 0.3) is 0 Å². The zero-order chi connectivity index (χ0) is 19.1. The Labute approximate surface area is 187 Å². The Kier molecular flexibility index (Phi) is 8.91. The predicted molar refractivity (Wildman–Crippen MR) is 130 cm³/mol. The highest BCUT2D eigenvalue weighted by Gasteiger charge is 2.05. The van der Waals surface area contributed by atoms with Crippen molar-refractivity contribution in [2.75, 3.05) is 25.0 Å². The Bertz CT molecular complexity index is 924. The van der Waals surface area contributed by atoms with Crippen molar-refractivity contribution in [2.45, 2.75) is 27.3 Å². The zero-order valence-electron chi connectivity index (χ0n) is 16.5. The number of nitrogens with zero attached hydrogens (tertiary/aromatic N) is 3. The summed E-state index contributed by atoms with van der Waals surface area (Å²) in [6.45, 7) is 9.11. The average molecular weight is 510 g/mol. The van der Waals surface area contributed by atoms with E-state index in [9.17, 15) is 0 Å². The minimum Gasteiger partial charge on any atom is -0.368 e. The van der Waals surface area contributed by atoms with Crippen molar-refractivity contribution < 1.29 is 0 Å². The van der Waals surface area contributed by atoms with Gasteiger partial charge in [0.05, 0.1) is 22.8 Å². The summed E-state index contributed by atoms with van der Waals surface area (Å²) in [4.78, 5) is 15.0. The molecule has 0 aliphatic rings. The highest BCUT2D eigenvalue weighted by Crippen LogP contribution is 2.17. The molecule has 3 rings (SSSR count). The molecule has 0 atom stereocenters. The third-order valence-corrected chi connectivity index (χ3v) is 5.10. The summed E-state index contributed by atoms with van der Waals surface area (Å²) in [7, 11) is 0. The van der Waals surface area contributed by atoms with E-state index >= 15 is 0 Å². The van der Waals surface area contributed by atoms with Crippen molar-refractivity contribution in [3.05, 3.63) is 52.0 Å². The van der Waals surface area contributed by atoms with Gasteiger partial charge in [-0.3, -0.25) is 0 Å². The van der Waals surface area contributed by atoms with Gasteiger partial charge in [0.1, 0.15) is 5.82 Å². The Hall–Kier alpha value is -1.94. The molecule has 0 aliphatic carbocycles. The fourth-order valence-corrected chi connectivity index (χ4v) is 3.61. The number of aryl methyl sites for hydroxylation is 2. The first-order chi connectivity index (χ1) is 13.2. The van der Waals surface area contributed by atoms with Gasteiger partial charge >= 0.3 is 0 Å². The van der Waals surface area contributed by atoms with E-state index < -0.39 is 0 Å². The monoisotopic (exact) mass is 510 g/mol. The van der Waals surface area contributed by atoms with E-state index in [0.29, 0.717) is 6.54 Å². The number of aliphatic imine (C=N–C) groups is 1. The van der Waals surface area contributed by atoms with Crippen LogP contribution in [-0.2, 0) is 6.54 Å². The van der Waals surface area contributed by atoms with Crippen LogP contribution in [0.1, 0.15) is 22.5 Å². The number of para-hydroxylation sites is 1. The summed E-state index contributed by atoms with van der Waals surface area (Å²) >= 11 is 1.71. The number of fused-ring (bicyclic) bond motifs is 1. The van der Waals surface area contributed by atoms with Crippen molar-refractivity contribution in [2.24, 2.45) is 4.99 Å². The number of hydrogen-bond donors (Lipinski definition) is 3. The van der Waals surface area contributed by atoms with Crippen molar-refractivity contribution in [1.29, 1.82) is 0 Å². The quantitative estimate of drug-likeness (QED) is 0.193. The van der Waals surface area contributed by atoms with E-state index in [1.165, 1.54) is 4.88 Å². The Morgan fingerprint density at radius 1 is 1.04 bits per heavy atom.